The van der Waals surface area contributed by atoms with Crippen LogP contribution in [0.25, 0.3) is 11.3 Å². The second-order valence-electron chi connectivity index (χ2n) is 5.57. The lowest BCUT2D eigenvalue weighted by Gasteiger charge is -2.19. The van der Waals surface area contributed by atoms with E-state index >= 15 is 0 Å². The largest absolute Gasteiger partial charge is 0.320 e. The smallest absolute Gasteiger partial charge is 0.113 e. The molecule has 0 saturated heterocycles. The average molecular weight is 272 g/mol. The van der Waals surface area contributed by atoms with E-state index < -0.39 is 0 Å². The number of hydrogen-bond donors (Lipinski definition) is 1. The molecule has 1 unspecified atom stereocenters. The Hall–Kier alpha value is -1.19. The second kappa shape index (κ2) is 4.73. The number of rotatable bonds is 2. The molecule has 19 heavy (non-hydrogen) atoms. The first-order valence-electron chi connectivity index (χ1n) is 6.99. The first-order chi connectivity index (χ1) is 9.12. The molecular formula is C16H20N2S. The molecule has 0 aliphatic heterocycles. The number of thiazole rings is 1. The summed E-state index contributed by atoms with van der Waals surface area (Å²) in [7, 11) is 0. The fourth-order valence-electron chi connectivity index (χ4n) is 2.54. The Kier molecular flexibility index (Phi) is 3.19. The Morgan fingerprint density at radius 1 is 1.32 bits per heavy atom. The van der Waals surface area contributed by atoms with E-state index in [0.29, 0.717) is 0 Å². The van der Waals surface area contributed by atoms with Gasteiger partial charge in [0, 0.05) is 10.4 Å². The summed E-state index contributed by atoms with van der Waals surface area (Å²) >= 11 is 1.81. The summed E-state index contributed by atoms with van der Waals surface area (Å²) in [5, 5.41) is 1.08. The van der Waals surface area contributed by atoms with E-state index in [1.54, 1.807) is 0 Å². The van der Waals surface area contributed by atoms with Gasteiger partial charge in [-0.05, 0) is 38.2 Å². The lowest BCUT2D eigenvalue weighted by atomic mass is 10.0. The first-order valence-corrected chi connectivity index (χ1v) is 7.81. The number of hydrogen-bond acceptors (Lipinski definition) is 3. The monoisotopic (exact) mass is 272 g/mol. The minimum Gasteiger partial charge on any atom is -0.320 e. The van der Waals surface area contributed by atoms with Crippen molar-refractivity contribution in [3.05, 3.63) is 39.7 Å². The molecule has 1 aromatic carbocycles. The Morgan fingerprint density at radius 2 is 2.11 bits per heavy atom. The number of fused-ring (bicyclic) bond motifs is 3. The van der Waals surface area contributed by atoms with Crippen molar-refractivity contribution >= 4 is 11.3 Å². The summed E-state index contributed by atoms with van der Waals surface area (Å²) < 4.78 is 0. The zero-order valence-electron chi connectivity index (χ0n) is 11.6. The minimum atomic E-state index is -0.300. The van der Waals surface area contributed by atoms with Gasteiger partial charge in [-0.1, -0.05) is 31.2 Å². The van der Waals surface area contributed by atoms with Crippen LogP contribution in [0.4, 0.5) is 0 Å². The standard InChI is InChI=1S/C16H20N2S/c1-3-16(2,17)15-18-14-12-9-5-4-7-11(12)8-6-10-13(14)19-15/h4-5,7,9H,3,6,8,10,17H2,1-2H3. The van der Waals surface area contributed by atoms with Crippen molar-refractivity contribution in [3.8, 4) is 11.3 Å². The van der Waals surface area contributed by atoms with Gasteiger partial charge in [0.15, 0.2) is 0 Å². The SMILES string of the molecule is CCC(C)(N)c1nc2c(s1)CCCc1ccccc1-2. The van der Waals surface area contributed by atoms with Crippen molar-refractivity contribution in [1.82, 2.24) is 4.98 Å². The summed E-state index contributed by atoms with van der Waals surface area (Å²) in [6, 6.07) is 8.65. The lowest BCUT2D eigenvalue weighted by molar-refractivity contribution is 0.474. The van der Waals surface area contributed by atoms with E-state index in [9.17, 15) is 0 Å². The maximum absolute atomic E-state index is 6.36. The highest BCUT2D eigenvalue weighted by Crippen LogP contribution is 2.38. The summed E-state index contributed by atoms with van der Waals surface area (Å²) in [4.78, 5) is 6.30. The summed E-state index contributed by atoms with van der Waals surface area (Å²) in [6.07, 6.45) is 4.41. The van der Waals surface area contributed by atoms with Crippen molar-refractivity contribution < 1.29 is 0 Å². The third kappa shape index (κ3) is 2.21. The van der Waals surface area contributed by atoms with E-state index in [1.165, 1.54) is 28.1 Å². The van der Waals surface area contributed by atoms with Gasteiger partial charge >= 0.3 is 0 Å². The van der Waals surface area contributed by atoms with Crippen LogP contribution in [0.2, 0.25) is 0 Å². The molecule has 0 bridgehead atoms. The van der Waals surface area contributed by atoms with E-state index in [0.717, 1.165) is 24.3 Å². The van der Waals surface area contributed by atoms with E-state index in [2.05, 4.69) is 38.1 Å². The zero-order chi connectivity index (χ0) is 13.5. The van der Waals surface area contributed by atoms with Gasteiger partial charge in [-0.3, -0.25) is 0 Å². The molecule has 3 rings (SSSR count). The molecule has 2 N–H and O–H groups in total. The Bertz CT molecular complexity index is 599. The topological polar surface area (TPSA) is 38.9 Å². The van der Waals surface area contributed by atoms with Crippen LogP contribution in [0.3, 0.4) is 0 Å². The van der Waals surface area contributed by atoms with Crippen LogP contribution in [0.15, 0.2) is 24.3 Å². The van der Waals surface area contributed by atoms with Gasteiger partial charge in [-0.2, -0.15) is 0 Å². The molecule has 0 fully saturated rings. The molecular weight excluding hydrogens is 252 g/mol. The third-order valence-electron chi connectivity index (χ3n) is 4.04. The Balaban J connectivity index is 2.14. The van der Waals surface area contributed by atoms with Crippen LogP contribution < -0.4 is 5.73 Å². The van der Waals surface area contributed by atoms with E-state index in [1.807, 2.05) is 11.3 Å². The summed E-state index contributed by atoms with van der Waals surface area (Å²) in [5.41, 5.74) is 9.97. The Morgan fingerprint density at radius 3 is 2.89 bits per heavy atom. The van der Waals surface area contributed by atoms with Crippen molar-refractivity contribution in [2.24, 2.45) is 5.73 Å². The van der Waals surface area contributed by atoms with Gasteiger partial charge < -0.3 is 5.73 Å². The highest BCUT2D eigenvalue weighted by Gasteiger charge is 2.27. The Labute approximate surface area is 118 Å². The van der Waals surface area contributed by atoms with Crippen LogP contribution in [0, 0.1) is 0 Å². The highest BCUT2D eigenvalue weighted by atomic mass is 32.1. The van der Waals surface area contributed by atoms with Gasteiger partial charge in [0.05, 0.1) is 11.2 Å². The number of nitrogens with two attached hydrogens (primary N) is 1. The molecule has 1 aromatic heterocycles. The average Bonchev–Trinajstić information content (AvgIpc) is 2.77. The number of aromatic nitrogens is 1. The van der Waals surface area contributed by atoms with Crippen LogP contribution in [0.5, 0.6) is 0 Å². The molecule has 0 radical (unpaired) electrons. The minimum absolute atomic E-state index is 0.300. The molecule has 3 heteroatoms. The van der Waals surface area contributed by atoms with Gasteiger partial charge in [-0.25, -0.2) is 4.98 Å². The fraction of sp³-hybridized carbons (Fsp3) is 0.438. The molecule has 1 aliphatic carbocycles. The van der Waals surface area contributed by atoms with E-state index in [4.69, 9.17) is 10.7 Å². The molecule has 1 atom stereocenters. The first kappa shape index (κ1) is 12.8. The lowest BCUT2D eigenvalue weighted by Crippen LogP contribution is -2.31. The number of benzene rings is 1. The molecule has 0 amide bonds. The molecule has 1 heterocycles. The van der Waals surface area contributed by atoms with Crippen molar-refractivity contribution in [3.63, 3.8) is 0 Å². The van der Waals surface area contributed by atoms with Crippen molar-refractivity contribution in [2.75, 3.05) is 0 Å². The van der Waals surface area contributed by atoms with Crippen molar-refractivity contribution in [2.45, 2.75) is 45.1 Å². The molecule has 1 aliphatic rings. The van der Waals surface area contributed by atoms with Crippen molar-refractivity contribution in [1.29, 1.82) is 0 Å². The maximum atomic E-state index is 6.36. The zero-order valence-corrected chi connectivity index (χ0v) is 12.4. The number of nitrogens with zero attached hydrogens (tertiary/aromatic N) is 1. The summed E-state index contributed by atoms with van der Waals surface area (Å²) in [6.45, 7) is 4.21. The van der Waals surface area contributed by atoms with Gasteiger partial charge in [0.25, 0.3) is 0 Å². The van der Waals surface area contributed by atoms with Gasteiger partial charge in [0.1, 0.15) is 5.01 Å². The van der Waals surface area contributed by atoms with Crippen LogP contribution in [-0.2, 0) is 18.4 Å². The predicted octanol–water partition coefficient (Wildman–Crippen LogP) is 3.88. The van der Waals surface area contributed by atoms with Crippen LogP contribution in [-0.4, -0.2) is 4.98 Å². The van der Waals surface area contributed by atoms with Crippen LogP contribution >= 0.6 is 11.3 Å². The highest BCUT2D eigenvalue weighted by molar-refractivity contribution is 7.12. The maximum Gasteiger partial charge on any atom is 0.113 e. The van der Waals surface area contributed by atoms with Crippen LogP contribution in [0.1, 0.15) is 42.1 Å². The van der Waals surface area contributed by atoms with Gasteiger partial charge in [-0.15, -0.1) is 11.3 Å². The molecule has 100 valence electrons. The normalized spacial score (nSPS) is 17.2. The molecule has 2 aromatic rings. The fourth-order valence-corrected chi connectivity index (χ4v) is 3.78. The third-order valence-corrected chi connectivity index (χ3v) is 5.44. The summed E-state index contributed by atoms with van der Waals surface area (Å²) in [5.74, 6) is 0. The van der Waals surface area contributed by atoms with E-state index in [-0.39, 0.29) is 5.54 Å². The number of aryl methyl sites for hydroxylation is 2. The van der Waals surface area contributed by atoms with Gasteiger partial charge in [0.2, 0.25) is 0 Å². The molecule has 0 saturated carbocycles. The quantitative estimate of drug-likeness (QED) is 0.901. The molecule has 0 spiro atoms. The molecule has 2 nitrogen and oxygen atoms in total. The predicted molar refractivity (Wildman–Crippen MR) is 81.4 cm³/mol. The second-order valence-corrected chi connectivity index (χ2v) is 6.66.